The molecule has 0 amide bonds. The summed E-state index contributed by atoms with van der Waals surface area (Å²) < 4.78 is 68.7. The molecule has 19 N–H and O–H groups in total. The largest absolute Gasteiger partial charge is 0.507 e. The Labute approximate surface area is 537 Å². The molecule has 4 aliphatic heterocycles. The number of fused-ring (bicyclic) bond motifs is 1. The van der Waals surface area contributed by atoms with Crippen molar-refractivity contribution < 1.29 is 178 Å². The third-order valence-corrected chi connectivity index (χ3v) is 15.2. The first-order valence-electron chi connectivity index (χ1n) is 28.5. The van der Waals surface area contributed by atoms with E-state index in [-0.39, 0.29) is 22.1 Å². The second-order valence-corrected chi connectivity index (χ2v) is 21.9. The minimum Gasteiger partial charge on any atom is -0.507 e. The minimum absolute atomic E-state index is 0.131. The summed E-state index contributed by atoms with van der Waals surface area (Å²) in [5, 5.41) is 201. The van der Waals surface area contributed by atoms with Crippen LogP contribution >= 0.6 is 0 Å². The van der Waals surface area contributed by atoms with Gasteiger partial charge in [-0.1, -0.05) is 12.1 Å². The molecule has 96 heavy (non-hydrogen) atoms. The van der Waals surface area contributed by atoms with E-state index in [1.54, 1.807) is 0 Å². The number of ether oxygens (including phenoxy) is 11. The van der Waals surface area contributed by atoms with Gasteiger partial charge in [-0.05, 0) is 59.7 Å². The van der Waals surface area contributed by atoms with Gasteiger partial charge in [0.15, 0.2) is 59.1 Å². The van der Waals surface area contributed by atoms with Crippen LogP contribution in [0.4, 0.5) is 0 Å². The molecular formula is C60H63O36+. The molecule has 0 saturated carbocycles. The van der Waals surface area contributed by atoms with Crippen LogP contribution in [-0.4, -0.2) is 270 Å². The highest BCUT2D eigenvalue weighted by molar-refractivity contribution is 5.91. The lowest BCUT2D eigenvalue weighted by atomic mass is 9.97. The van der Waals surface area contributed by atoms with Gasteiger partial charge < -0.3 is 149 Å². The highest BCUT2D eigenvalue weighted by Crippen LogP contribution is 2.45. The number of aliphatic hydroxyl groups excluding tert-OH is 11. The summed E-state index contributed by atoms with van der Waals surface area (Å²) in [6.45, 7) is -2.88. The maximum Gasteiger partial charge on any atom is 0.402 e. The molecule has 20 atom stereocenters. The number of rotatable bonds is 22. The maximum atomic E-state index is 13.4. The van der Waals surface area contributed by atoms with E-state index in [9.17, 15) is 121 Å². The second-order valence-electron chi connectivity index (χ2n) is 21.9. The molecule has 4 aliphatic rings. The van der Waals surface area contributed by atoms with Gasteiger partial charge in [0, 0.05) is 30.4 Å². The first-order valence-corrected chi connectivity index (χ1v) is 28.5. The Kier molecular flexibility index (Phi) is 22.3. The minimum atomic E-state index is -2.37. The fourth-order valence-electron chi connectivity index (χ4n) is 10.0. The van der Waals surface area contributed by atoms with Crippen LogP contribution in [-0.2, 0) is 61.9 Å². The van der Waals surface area contributed by atoms with Crippen molar-refractivity contribution in [2.45, 2.75) is 129 Å². The summed E-state index contributed by atoms with van der Waals surface area (Å²) in [6.07, 6.45) is -39.3. The van der Waals surface area contributed by atoms with Gasteiger partial charge in [-0.25, -0.2) is 18.8 Å². The zero-order chi connectivity index (χ0) is 69.7. The molecule has 4 fully saturated rings. The first kappa shape index (κ1) is 71.0. The van der Waals surface area contributed by atoms with E-state index in [1.807, 2.05) is 0 Å². The van der Waals surface area contributed by atoms with Crippen LogP contribution in [0.1, 0.15) is 17.5 Å². The van der Waals surface area contributed by atoms with Crippen molar-refractivity contribution in [1.82, 2.24) is 0 Å². The molecule has 36 heteroatoms. The summed E-state index contributed by atoms with van der Waals surface area (Å²) in [7, 11) is 0. The van der Waals surface area contributed by atoms with Crippen LogP contribution in [0.2, 0.25) is 0 Å². The molecule has 36 nitrogen and oxygen atoms in total. The Balaban J connectivity index is 1.09. The Morgan fingerprint density at radius 2 is 1.02 bits per heavy atom. The number of hydrogen-bond acceptors (Lipinski definition) is 33. The summed E-state index contributed by atoms with van der Waals surface area (Å²) >= 11 is 0. The van der Waals surface area contributed by atoms with Gasteiger partial charge in [0.25, 0.3) is 0 Å². The van der Waals surface area contributed by atoms with Crippen molar-refractivity contribution in [3.8, 4) is 63.1 Å². The molecule has 0 aliphatic carbocycles. The molecule has 5 aromatic rings. The second kappa shape index (κ2) is 30.2. The number of aliphatic hydroxyl groups is 11. The molecular weight excluding hydrogens is 1300 g/mol. The molecule has 5 heterocycles. The van der Waals surface area contributed by atoms with Gasteiger partial charge in [-0.15, -0.1) is 0 Å². The first-order chi connectivity index (χ1) is 45.5. The maximum absolute atomic E-state index is 13.4. The zero-order valence-corrected chi connectivity index (χ0v) is 49.1. The normalized spacial score (nSPS) is 30.7. The average molecular weight is 1360 g/mol. The fourth-order valence-corrected chi connectivity index (χ4v) is 10.0. The fraction of sp³-hybridized carbons (Fsp3) is 0.400. The summed E-state index contributed by atoms with van der Waals surface area (Å²) in [5.74, 6) is -13.2. The smallest absolute Gasteiger partial charge is 0.402 e. The SMILES string of the molecule is O=C(O)CC(=O)OC[C@H]1O[C@@H](Oc2cc3c(O)cc(O[C@@H]4O[C@H](COC(=O)/C=C/c5ccc(O)c(O)c5)[C@@H](O)[C@H](O)[C@H]4O)cc3[o+]c2-c2ccc(O)c(O[C@@H]3O[C@H](C(=O)O)[C@@H](O)[C@H](O)[C@H]3O)c2)[C@H](O[C@@H]2O[C@H](CO)[C@@H](O)[C@H](O)[C@H]2OC(=O)/C=C/c2ccc(O)c(O)c2)[C@@H](O)[C@H]1O. The van der Waals surface area contributed by atoms with Crippen LogP contribution in [0, 0.1) is 0 Å². The topological polar surface area (TPSA) is 583 Å². The Bertz CT molecular complexity index is 3710. The third kappa shape index (κ3) is 16.1. The van der Waals surface area contributed by atoms with E-state index in [0.29, 0.717) is 0 Å². The lowest BCUT2D eigenvalue weighted by Crippen LogP contribution is -2.65. The van der Waals surface area contributed by atoms with E-state index in [1.165, 1.54) is 18.2 Å². The molecule has 4 saturated heterocycles. The Hall–Kier alpha value is -9.32. The van der Waals surface area contributed by atoms with Gasteiger partial charge in [0.2, 0.25) is 24.6 Å². The van der Waals surface area contributed by atoms with Crippen molar-refractivity contribution in [3.05, 3.63) is 96.1 Å². The molecule has 518 valence electrons. The van der Waals surface area contributed by atoms with Gasteiger partial charge in [-0.3, -0.25) is 9.59 Å². The summed E-state index contributed by atoms with van der Waals surface area (Å²) in [4.78, 5) is 61.9. The summed E-state index contributed by atoms with van der Waals surface area (Å²) in [5.41, 5.74) is -0.353. The predicted octanol–water partition coefficient (Wildman–Crippen LogP) is -3.38. The van der Waals surface area contributed by atoms with Gasteiger partial charge in [0.05, 0.1) is 18.2 Å². The zero-order valence-electron chi connectivity index (χ0n) is 49.1. The molecule has 0 unspecified atom stereocenters. The molecule has 0 spiro atoms. The number of phenolic OH excluding ortho intramolecular Hbond substituents is 6. The quantitative estimate of drug-likeness (QED) is 0.00803. The van der Waals surface area contributed by atoms with Crippen molar-refractivity contribution in [2.24, 2.45) is 0 Å². The van der Waals surface area contributed by atoms with E-state index in [2.05, 4.69) is 0 Å². The van der Waals surface area contributed by atoms with Crippen LogP contribution in [0.15, 0.2) is 89.4 Å². The molecule has 0 radical (unpaired) electrons. The molecule has 1 aromatic heterocycles. The number of aliphatic carboxylic acids is 2. The number of benzene rings is 4. The van der Waals surface area contributed by atoms with Crippen molar-refractivity contribution in [1.29, 1.82) is 0 Å². The van der Waals surface area contributed by atoms with E-state index in [4.69, 9.17) is 56.5 Å². The highest BCUT2D eigenvalue weighted by Gasteiger charge is 2.55. The monoisotopic (exact) mass is 1360 g/mol. The number of aromatic hydroxyl groups is 6. The molecule has 4 aromatic carbocycles. The highest BCUT2D eigenvalue weighted by atomic mass is 16.8. The van der Waals surface area contributed by atoms with Crippen LogP contribution in [0.25, 0.3) is 34.4 Å². The third-order valence-electron chi connectivity index (χ3n) is 15.2. The van der Waals surface area contributed by atoms with E-state index < -0.39 is 242 Å². The number of carboxylic acids is 2. The van der Waals surface area contributed by atoms with Gasteiger partial charge in [0.1, 0.15) is 116 Å². The number of hydrogen-bond donors (Lipinski definition) is 19. The number of carboxylic acid groups (broad SMARTS) is 2. The number of carbonyl (C=O) groups is 5. The van der Waals surface area contributed by atoms with E-state index in [0.717, 1.165) is 78.9 Å². The lowest BCUT2D eigenvalue weighted by Gasteiger charge is -2.46. The van der Waals surface area contributed by atoms with Crippen LogP contribution < -0.4 is 14.2 Å². The van der Waals surface area contributed by atoms with Gasteiger partial charge in [-0.2, -0.15) is 0 Å². The van der Waals surface area contributed by atoms with Crippen molar-refractivity contribution in [2.75, 3.05) is 19.8 Å². The lowest BCUT2D eigenvalue weighted by molar-refractivity contribution is -0.358. The van der Waals surface area contributed by atoms with Crippen molar-refractivity contribution in [3.63, 3.8) is 0 Å². The molecule has 9 rings (SSSR count). The van der Waals surface area contributed by atoms with Crippen LogP contribution in [0.5, 0.6) is 51.7 Å². The predicted molar refractivity (Wildman–Crippen MR) is 307 cm³/mol. The van der Waals surface area contributed by atoms with Gasteiger partial charge >= 0.3 is 41.2 Å². The Morgan fingerprint density at radius 1 is 0.479 bits per heavy atom. The van der Waals surface area contributed by atoms with E-state index >= 15 is 0 Å². The summed E-state index contributed by atoms with van der Waals surface area (Å²) in [6, 6.07) is 12.9. The van der Waals surface area contributed by atoms with Crippen molar-refractivity contribution >= 4 is 53.0 Å². The molecule has 0 bridgehead atoms. The van der Waals surface area contributed by atoms with Crippen LogP contribution in [0.3, 0.4) is 0 Å². The number of carbonyl (C=O) groups excluding carboxylic acids is 3. The average Bonchev–Trinajstić information content (AvgIpc) is 1.92. The number of esters is 3. The number of phenols is 6. The standard InChI is InChI=1S/C60H62O36/c61-18-35-42(73)47(78)54(94-40(71)10-4-22-2-7-27(63)31(67)12-22)60(91-35)96-55-48(79)44(75)37(20-86-41(72)17-38(68)69)93-59(55)90-34-16-25-29(65)14-24(87-57-50(81)45(76)43(74)36(92-57)19-85-39(70)9-3-21-1-6-26(62)30(66)11-21)15-32(25)88-52(34)23-5-8-28(64)33(13-23)89-58-51(82)46(77)49(80)53(95-58)56(83)84/h1-16,35-37,42-51,53-55,57-61,73-82H,17-20H2,(H7-,62,63,64,65,66,67,68,69,70,71,83,84)/p+1/t35-,36-,37-,42-,43-,44+,45+,46+,47+,48+,49+,50-,51-,53+,54-,55-,57-,58-,59-,60+/m1/s1. The Morgan fingerprint density at radius 3 is 1.64 bits per heavy atom.